The van der Waals surface area contributed by atoms with Gasteiger partial charge in [0.2, 0.25) is 5.78 Å². The number of aliphatic hydroxyl groups is 2. The maximum Gasteiger partial charge on any atom is 0.202 e. The fraction of sp³-hybridized carbons (Fsp3) is 0.433. The van der Waals surface area contributed by atoms with E-state index < -0.39 is 29.3 Å². The SMILES string of the molecule is C=C(C)C(CC=C(C)C)Cc1c(O)c(CCC(C)(C)O)c(O)c2c1OC(c1ccc(O)cc1O)C(O)C2=O. The molecule has 3 unspecified atom stereocenters. The van der Waals surface area contributed by atoms with Crippen LogP contribution in [0.2, 0.25) is 0 Å². The van der Waals surface area contributed by atoms with E-state index in [0.717, 1.165) is 17.2 Å². The van der Waals surface area contributed by atoms with Crippen molar-refractivity contribution in [3.05, 3.63) is 64.3 Å². The van der Waals surface area contributed by atoms with Gasteiger partial charge < -0.3 is 35.4 Å². The van der Waals surface area contributed by atoms with Crippen LogP contribution in [-0.2, 0) is 12.8 Å². The van der Waals surface area contributed by atoms with Gasteiger partial charge in [-0.05, 0) is 78.4 Å². The lowest BCUT2D eigenvalue weighted by Gasteiger charge is -2.34. The first-order chi connectivity index (χ1) is 17.6. The van der Waals surface area contributed by atoms with Gasteiger partial charge in [-0.3, -0.25) is 4.79 Å². The molecule has 2 aromatic rings. The Hall–Kier alpha value is -3.49. The number of allylic oxidation sites excluding steroid dienone is 3. The minimum absolute atomic E-state index is 0.0614. The number of aliphatic hydroxyl groups excluding tert-OH is 1. The molecule has 1 aliphatic heterocycles. The molecule has 0 fully saturated rings. The normalized spacial score (nSPS) is 17.9. The van der Waals surface area contributed by atoms with E-state index in [4.69, 9.17) is 4.74 Å². The van der Waals surface area contributed by atoms with Gasteiger partial charge in [0.15, 0.2) is 12.2 Å². The minimum atomic E-state index is -1.77. The van der Waals surface area contributed by atoms with Crippen LogP contribution in [0.15, 0.2) is 42.0 Å². The molecule has 0 aliphatic carbocycles. The highest BCUT2D eigenvalue weighted by atomic mass is 16.5. The molecule has 8 heteroatoms. The molecule has 1 aliphatic rings. The average molecular weight is 527 g/mol. The van der Waals surface area contributed by atoms with Gasteiger partial charge in [-0.2, -0.15) is 0 Å². The van der Waals surface area contributed by atoms with Crippen LogP contribution in [0.5, 0.6) is 28.7 Å². The summed E-state index contributed by atoms with van der Waals surface area (Å²) in [7, 11) is 0. The number of aromatic hydroxyl groups is 4. The second kappa shape index (κ2) is 11.1. The molecule has 0 spiro atoms. The molecule has 0 saturated carbocycles. The van der Waals surface area contributed by atoms with Crippen LogP contribution in [0.4, 0.5) is 0 Å². The van der Waals surface area contributed by atoms with E-state index in [9.17, 15) is 35.4 Å². The van der Waals surface area contributed by atoms with Gasteiger partial charge in [-0.1, -0.05) is 23.8 Å². The van der Waals surface area contributed by atoms with Crippen LogP contribution in [-0.4, -0.2) is 48.1 Å². The van der Waals surface area contributed by atoms with Crippen molar-refractivity contribution in [2.24, 2.45) is 5.92 Å². The molecule has 3 rings (SSSR count). The van der Waals surface area contributed by atoms with Crippen molar-refractivity contribution in [1.82, 2.24) is 0 Å². The number of hydrogen-bond donors (Lipinski definition) is 6. The quantitative estimate of drug-likeness (QED) is 0.251. The second-order valence-corrected chi connectivity index (χ2v) is 11.0. The maximum absolute atomic E-state index is 13.5. The number of phenolic OH excluding ortho intramolecular Hbond substituents is 4. The number of ketones is 1. The smallest absolute Gasteiger partial charge is 0.202 e. The van der Waals surface area contributed by atoms with E-state index in [1.54, 1.807) is 13.8 Å². The molecule has 0 bridgehead atoms. The Morgan fingerprint density at radius 2 is 1.76 bits per heavy atom. The third kappa shape index (κ3) is 6.14. The Morgan fingerprint density at radius 1 is 1.11 bits per heavy atom. The van der Waals surface area contributed by atoms with Crippen LogP contribution in [0, 0.1) is 5.92 Å². The molecular formula is C30H38O8. The summed E-state index contributed by atoms with van der Waals surface area (Å²) in [4.78, 5) is 13.5. The Kier molecular flexibility index (Phi) is 8.48. The van der Waals surface area contributed by atoms with Gasteiger partial charge in [0.1, 0.15) is 34.3 Å². The van der Waals surface area contributed by atoms with Gasteiger partial charge in [-0.25, -0.2) is 0 Å². The lowest BCUT2D eigenvalue weighted by Crippen LogP contribution is -2.37. The van der Waals surface area contributed by atoms with E-state index in [2.05, 4.69) is 6.58 Å². The van der Waals surface area contributed by atoms with Gasteiger partial charge in [-0.15, -0.1) is 0 Å². The third-order valence-corrected chi connectivity index (χ3v) is 6.91. The summed E-state index contributed by atoms with van der Waals surface area (Å²) < 4.78 is 6.09. The molecular weight excluding hydrogens is 488 g/mol. The maximum atomic E-state index is 13.5. The molecule has 0 radical (unpaired) electrons. The monoisotopic (exact) mass is 526 g/mol. The highest BCUT2D eigenvalue weighted by molar-refractivity contribution is 6.06. The second-order valence-electron chi connectivity index (χ2n) is 11.0. The van der Waals surface area contributed by atoms with Crippen molar-refractivity contribution in [2.75, 3.05) is 0 Å². The number of Topliss-reactive ketones (excluding diaryl/α,β-unsaturated/α-hetero) is 1. The lowest BCUT2D eigenvalue weighted by atomic mass is 9.83. The van der Waals surface area contributed by atoms with Crippen molar-refractivity contribution in [3.63, 3.8) is 0 Å². The van der Waals surface area contributed by atoms with E-state index in [1.165, 1.54) is 12.1 Å². The lowest BCUT2D eigenvalue weighted by molar-refractivity contribution is 0.0197. The summed E-state index contributed by atoms with van der Waals surface area (Å²) in [6.45, 7) is 13.1. The molecule has 6 N–H and O–H groups in total. The van der Waals surface area contributed by atoms with Crippen LogP contribution in [0.1, 0.15) is 80.6 Å². The van der Waals surface area contributed by atoms with Gasteiger partial charge >= 0.3 is 0 Å². The highest BCUT2D eigenvalue weighted by Gasteiger charge is 2.43. The Morgan fingerprint density at radius 3 is 2.32 bits per heavy atom. The molecule has 3 atom stereocenters. The minimum Gasteiger partial charge on any atom is -0.508 e. The van der Waals surface area contributed by atoms with Crippen molar-refractivity contribution in [3.8, 4) is 28.7 Å². The molecule has 0 amide bonds. The van der Waals surface area contributed by atoms with E-state index in [1.807, 2.05) is 26.8 Å². The van der Waals surface area contributed by atoms with Crippen LogP contribution in [0.25, 0.3) is 0 Å². The molecule has 0 saturated heterocycles. The first kappa shape index (κ1) is 29.1. The van der Waals surface area contributed by atoms with E-state index in [-0.39, 0.29) is 70.4 Å². The standard InChI is InChI=1S/C30H38O8/c1-15(2)7-8-17(16(3)4)13-21-24(33)20(11-12-30(5,6)37)25(34)23-26(35)27(36)29(38-28(21)23)19-10-9-18(31)14-22(19)32/h7,9-10,14,17,27,29,31-34,36-37H,3,8,11-13H2,1-2,4-6H3. The fourth-order valence-corrected chi connectivity index (χ4v) is 4.59. The third-order valence-electron chi connectivity index (χ3n) is 6.91. The largest absolute Gasteiger partial charge is 0.508 e. The molecule has 0 aromatic heterocycles. The average Bonchev–Trinajstić information content (AvgIpc) is 2.79. The molecule has 2 aromatic carbocycles. The van der Waals surface area contributed by atoms with E-state index in [0.29, 0.717) is 6.42 Å². The first-order valence-electron chi connectivity index (χ1n) is 12.6. The number of phenols is 4. The van der Waals surface area contributed by atoms with Crippen LogP contribution in [0.3, 0.4) is 0 Å². The topological polar surface area (TPSA) is 148 Å². The number of ether oxygens (including phenoxy) is 1. The number of fused-ring (bicyclic) bond motifs is 1. The number of carbonyl (C=O) groups excluding carboxylic acids is 1. The summed E-state index contributed by atoms with van der Waals surface area (Å²) in [5, 5.41) is 63.8. The summed E-state index contributed by atoms with van der Waals surface area (Å²) in [6.07, 6.45) is 0.0212. The van der Waals surface area contributed by atoms with Gasteiger partial charge in [0.25, 0.3) is 0 Å². The number of rotatable bonds is 9. The zero-order chi connectivity index (χ0) is 28.5. The van der Waals surface area contributed by atoms with Crippen LogP contribution >= 0.6 is 0 Å². The van der Waals surface area contributed by atoms with Gasteiger partial charge in [0, 0.05) is 22.8 Å². The Balaban J connectivity index is 2.23. The van der Waals surface area contributed by atoms with Crippen molar-refractivity contribution >= 4 is 5.78 Å². The highest BCUT2D eigenvalue weighted by Crippen LogP contribution is 2.50. The van der Waals surface area contributed by atoms with Crippen molar-refractivity contribution in [2.45, 2.75) is 78.1 Å². The number of benzene rings is 2. The molecule has 206 valence electrons. The summed E-state index contributed by atoms with van der Waals surface area (Å²) in [6, 6.07) is 3.69. The summed E-state index contributed by atoms with van der Waals surface area (Å²) >= 11 is 0. The number of hydrogen-bond acceptors (Lipinski definition) is 8. The van der Waals surface area contributed by atoms with Crippen LogP contribution < -0.4 is 4.74 Å². The van der Waals surface area contributed by atoms with Gasteiger partial charge in [0.05, 0.1) is 5.60 Å². The fourth-order valence-electron chi connectivity index (χ4n) is 4.59. The zero-order valence-electron chi connectivity index (χ0n) is 22.6. The summed E-state index contributed by atoms with van der Waals surface area (Å²) in [5.41, 5.74) is 1.01. The van der Waals surface area contributed by atoms with E-state index >= 15 is 0 Å². The summed E-state index contributed by atoms with van der Waals surface area (Å²) in [5.74, 6) is -2.42. The number of carbonyl (C=O) groups is 1. The molecule has 1 heterocycles. The Labute approximate surface area is 223 Å². The van der Waals surface area contributed by atoms with Crippen molar-refractivity contribution in [1.29, 1.82) is 0 Å². The zero-order valence-corrected chi connectivity index (χ0v) is 22.6. The first-order valence-corrected chi connectivity index (χ1v) is 12.6. The Bertz CT molecular complexity index is 1260. The molecule has 38 heavy (non-hydrogen) atoms. The predicted octanol–water partition coefficient (Wildman–Crippen LogP) is 4.98. The molecule has 8 nitrogen and oxygen atoms in total. The predicted molar refractivity (Wildman–Crippen MR) is 144 cm³/mol. The van der Waals surface area contributed by atoms with Crippen molar-refractivity contribution < 1.29 is 40.2 Å².